The van der Waals surface area contributed by atoms with Gasteiger partial charge in [-0.3, -0.25) is 4.79 Å². The fourth-order valence-electron chi connectivity index (χ4n) is 1.20. The molecular weight excluding hydrogens is 178 g/mol. The minimum atomic E-state index is -1.39. The van der Waals surface area contributed by atoms with Crippen LogP contribution in [0.4, 0.5) is 0 Å². The highest BCUT2D eigenvalue weighted by molar-refractivity contribution is 5.81. The Morgan fingerprint density at radius 3 is 2.77 bits per heavy atom. The highest BCUT2D eigenvalue weighted by atomic mass is 16.6. The molecule has 0 aliphatic carbocycles. The lowest BCUT2D eigenvalue weighted by molar-refractivity contribution is -0.148. The SMILES string of the molecule is CC(=O)N[C@H]1[C@H](O)C(=O)O[C@@H]1CO. The van der Waals surface area contributed by atoms with Crippen LogP contribution in [0.1, 0.15) is 6.92 Å². The van der Waals surface area contributed by atoms with Gasteiger partial charge in [0.05, 0.1) is 6.61 Å². The third-order valence-electron chi connectivity index (χ3n) is 1.80. The van der Waals surface area contributed by atoms with E-state index >= 15 is 0 Å². The van der Waals surface area contributed by atoms with Crippen LogP contribution in [0.15, 0.2) is 0 Å². The maximum Gasteiger partial charge on any atom is 0.337 e. The van der Waals surface area contributed by atoms with E-state index in [1.807, 2.05) is 0 Å². The van der Waals surface area contributed by atoms with Crippen LogP contribution >= 0.6 is 0 Å². The molecule has 0 aromatic rings. The molecule has 0 aromatic carbocycles. The number of cyclic esters (lactones) is 1. The third-order valence-corrected chi connectivity index (χ3v) is 1.80. The van der Waals surface area contributed by atoms with E-state index in [9.17, 15) is 14.7 Å². The lowest BCUT2D eigenvalue weighted by atomic mass is 10.1. The number of ether oxygens (including phenoxy) is 1. The summed E-state index contributed by atoms with van der Waals surface area (Å²) >= 11 is 0. The number of hydrogen-bond donors (Lipinski definition) is 3. The predicted molar refractivity (Wildman–Crippen MR) is 40.6 cm³/mol. The summed E-state index contributed by atoms with van der Waals surface area (Å²) in [6, 6.07) is -0.852. The molecule has 0 aromatic heterocycles. The minimum Gasteiger partial charge on any atom is -0.456 e. The predicted octanol–water partition coefficient (Wildman–Crippen LogP) is -2.23. The van der Waals surface area contributed by atoms with Crippen LogP contribution in [-0.2, 0) is 14.3 Å². The molecule has 0 bridgehead atoms. The molecule has 1 aliphatic heterocycles. The molecule has 1 aliphatic rings. The largest absolute Gasteiger partial charge is 0.456 e. The number of esters is 1. The van der Waals surface area contributed by atoms with E-state index in [0.717, 1.165) is 0 Å². The van der Waals surface area contributed by atoms with Crippen LogP contribution < -0.4 is 5.32 Å². The summed E-state index contributed by atoms with van der Waals surface area (Å²) in [4.78, 5) is 21.4. The van der Waals surface area contributed by atoms with E-state index < -0.39 is 30.8 Å². The van der Waals surface area contributed by atoms with Crippen molar-refractivity contribution >= 4 is 11.9 Å². The highest BCUT2D eigenvalue weighted by Crippen LogP contribution is 2.15. The molecule has 1 rings (SSSR count). The van der Waals surface area contributed by atoms with Crippen LogP contribution in [0.2, 0.25) is 0 Å². The van der Waals surface area contributed by atoms with Gasteiger partial charge in [0.2, 0.25) is 5.91 Å². The fourth-order valence-corrected chi connectivity index (χ4v) is 1.20. The number of carbonyl (C=O) groups is 2. The van der Waals surface area contributed by atoms with Crippen LogP contribution in [0.3, 0.4) is 0 Å². The van der Waals surface area contributed by atoms with E-state index in [0.29, 0.717) is 0 Å². The Balaban J connectivity index is 2.67. The van der Waals surface area contributed by atoms with Gasteiger partial charge in [-0.2, -0.15) is 0 Å². The Bertz CT molecular complexity index is 229. The van der Waals surface area contributed by atoms with Gasteiger partial charge >= 0.3 is 5.97 Å². The summed E-state index contributed by atoms with van der Waals surface area (Å²) in [5.41, 5.74) is 0. The molecule has 3 atom stereocenters. The minimum absolute atomic E-state index is 0.388. The lowest BCUT2D eigenvalue weighted by Crippen LogP contribution is -2.47. The first-order valence-corrected chi connectivity index (χ1v) is 3.82. The molecule has 1 heterocycles. The number of amides is 1. The smallest absolute Gasteiger partial charge is 0.337 e. The summed E-state index contributed by atoms with van der Waals surface area (Å²) < 4.78 is 4.58. The standard InChI is InChI=1S/C7H11NO5/c1-3(10)8-5-4(2-9)13-7(12)6(5)11/h4-6,9,11H,2H2,1H3,(H,8,10)/t4-,5-,6+/m1/s1. The van der Waals surface area contributed by atoms with Crippen molar-refractivity contribution in [1.82, 2.24) is 5.32 Å². The van der Waals surface area contributed by atoms with E-state index in [2.05, 4.69) is 10.1 Å². The van der Waals surface area contributed by atoms with Gasteiger partial charge in [-0.05, 0) is 0 Å². The Hall–Kier alpha value is -1.14. The average Bonchev–Trinajstić information content (AvgIpc) is 2.31. The number of nitrogens with one attached hydrogen (secondary N) is 1. The molecule has 13 heavy (non-hydrogen) atoms. The first-order chi connectivity index (χ1) is 6.06. The molecule has 6 heteroatoms. The fraction of sp³-hybridized carbons (Fsp3) is 0.714. The van der Waals surface area contributed by atoms with Gasteiger partial charge in [0.25, 0.3) is 0 Å². The quantitative estimate of drug-likeness (QED) is 0.427. The van der Waals surface area contributed by atoms with E-state index in [1.54, 1.807) is 0 Å². The normalized spacial score (nSPS) is 32.8. The second-order valence-electron chi connectivity index (χ2n) is 2.83. The zero-order valence-corrected chi connectivity index (χ0v) is 7.06. The molecule has 0 saturated carbocycles. The summed E-state index contributed by atoms with van der Waals surface area (Å²) in [6.07, 6.45) is -2.24. The van der Waals surface area contributed by atoms with Gasteiger partial charge in [-0.15, -0.1) is 0 Å². The second-order valence-corrected chi connectivity index (χ2v) is 2.83. The van der Waals surface area contributed by atoms with Gasteiger partial charge in [0.15, 0.2) is 6.10 Å². The van der Waals surface area contributed by atoms with Crippen LogP contribution in [-0.4, -0.2) is 46.9 Å². The van der Waals surface area contributed by atoms with Gasteiger partial charge in [-0.25, -0.2) is 4.79 Å². The number of carbonyl (C=O) groups excluding carboxylic acids is 2. The van der Waals surface area contributed by atoms with E-state index in [1.165, 1.54) is 6.92 Å². The Kier molecular flexibility index (Phi) is 2.84. The number of aliphatic hydroxyl groups is 2. The maximum absolute atomic E-state index is 10.8. The van der Waals surface area contributed by atoms with Crippen molar-refractivity contribution in [3.05, 3.63) is 0 Å². The van der Waals surface area contributed by atoms with E-state index in [4.69, 9.17) is 5.11 Å². The first kappa shape index (κ1) is 9.94. The molecular formula is C7H11NO5. The zero-order valence-electron chi connectivity index (χ0n) is 7.06. The Morgan fingerprint density at radius 1 is 1.69 bits per heavy atom. The Morgan fingerprint density at radius 2 is 2.31 bits per heavy atom. The average molecular weight is 189 g/mol. The van der Waals surface area contributed by atoms with Crippen molar-refractivity contribution in [2.45, 2.75) is 25.2 Å². The van der Waals surface area contributed by atoms with Crippen LogP contribution in [0.25, 0.3) is 0 Å². The monoisotopic (exact) mass is 189 g/mol. The van der Waals surface area contributed by atoms with Gasteiger partial charge < -0.3 is 20.3 Å². The number of hydrogen-bond acceptors (Lipinski definition) is 5. The third kappa shape index (κ3) is 1.96. The molecule has 3 N–H and O–H groups in total. The molecule has 0 unspecified atom stereocenters. The van der Waals surface area contributed by atoms with Gasteiger partial charge in [0.1, 0.15) is 12.1 Å². The topological polar surface area (TPSA) is 95.9 Å². The van der Waals surface area contributed by atoms with Crippen molar-refractivity contribution in [2.75, 3.05) is 6.61 Å². The van der Waals surface area contributed by atoms with Crippen molar-refractivity contribution in [3.63, 3.8) is 0 Å². The number of rotatable bonds is 2. The summed E-state index contributed by atoms with van der Waals surface area (Å²) in [5, 5.41) is 20.3. The van der Waals surface area contributed by atoms with Crippen molar-refractivity contribution in [2.24, 2.45) is 0 Å². The Labute approximate surface area is 74.5 Å². The lowest BCUT2D eigenvalue weighted by Gasteiger charge is -2.16. The van der Waals surface area contributed by atoms with Gasteiger partial charge in [0, 0.05) is 6.92 Å². The van der Waals surface area contributed by atoms with Crippen molar-refractivity contribution < 1.29 is 24.5 Å². The molecule has 1 fully saturated rings. The van der Waals surface area contributed by atoms with Crippen molar-refractivity contribution in [3.8, 4) is 0 Å². The molecule has 74 valence electrons. The molecule has 1 saturated heterocycles. The summed E-state index contributed by atoms with van der Waals surface area (Å²) in [5.74, 6) is -1.21. The first-order valence-electron chi connectivity index (χ1n) is 3.82. The molecule has 1 amide bonds. The van der Waals surface area contributed by atoms with E-state index in [-0.39, 0.29) is 5.91 Å². The summed E-state index contributed by atoms with van der Waals surface area (Å²) in [6.45, 7) is 0.831. The number of aliphatic hydroxyl groups excluding tert-OH is 2. The maximum atomic E-state index is 10.8. The van der Waals surface area contributed by atoms with Crippen LogP contribution in [0.5, 0.6) is 0 Å². The highest BCUT2D eigenvalue weighted by Gasteiger charge is 2.43. The van der Waals surface area contributed by atoms with Crippen LogP contribution in [0, 0.1) is 0 Å². The molecule has 0 spiro atoms. The molecule has 0 radical (unpaired) electrons. The summed E-state index contributed by atoms with van der Waals surface area (Å²) in [7, 11) is 0. The second kappa shape index (κ2) is 3.71. The zero-order chi connectivity index (χ0) is 10.0. The van der Waals surface area contributed by atoms with Crippen molar-refractivity contribution in [1.29, 1.82) is 0 Å². The molecule has 6 nitrogen and oxygen atoms in total. The van der Waals surface area contributed by atoms with Gasteiger partial charge in [-0.1, -0.05) is 0 Å².